The van der Waals surface area contributed by atoms with Crippen molar-refractivity contribution >= 4 is 12.0 Å². The molecule has 1 fully saturated rings. The molecule has 6 nitrogen and oxygen atoms in total. The molecule has 2 N–H and O–H groups in total. The number of hydrogen-bond donors (Lipinski definition) is 2. The van der Waals surface area contributed by atoms with Gasteiger partial charge in [0.1, 0.15) is 0 Å². The summed E-state index contributed by atoms with van der Waals surface area (Å²) in [4.78, 5) is 23.2. The Morgan fingerprint density at radius 3 is 2.80 bits per heavy atom. The van der Waals surface area contributed by atoms with Crippen LogP contribution in [0.1, 0.15) is 36.4 Å². The molecule has 1 aromatic heterocycles. The second-order valence-corrected chi connectivity index (χ2v) is 6.74. The fraction of sp³-hybridized carbons (Fsp3) is 0.421. The van der Waals surface area contributed by atoms with Crippen molar-refractivity contribution in [1.82, 2.24) is 20.6 Å². The predicted molar refractivity (Wildman–Crippen MR) is 96.4 cm³/mol. The van der Waals surface area contributed by atoms with E-state index in [4.69, 9.17) is 0 Å². The van der Waals surface area contributed by atoms with E-state index in [9.17, 15) is 4.79 Å². The van der Waals surface area contributed by atoms with Gasteiger partial charge in [0, 0.05) is 31.5 Å². The number of nitrogens with zero attached hydrogens (tertiary/aromatic N) is 3. The average molecular weight is 337 g/mol. The van der Waals surface area contributed by atoms with Gasteiger partial charge in [0.25, 0.3) is 0 Å². The molecular weight excluding hydrogens is 314 g/mol. The van der Waals surface area contributed by atoms with Crippen LogP contribution in [-0.4, -0.2) is 35.1 Å². The summed E-state index contributed by atoms with van der Waals surface area (Å²) in [5.74, 6) is 0.735. The summed E-state index contributed by atoms with van der Waals surface area (Å²) in [7, 11) is 0. The quantitative estimate of drug-likeness (QED) is 0.902. The van der Waals surface area contributed by atoms with Gasteiger partial charge in [0.2, 0.25) is 5.95 Å². The Kier molecular flexibility index (Phi) is 4.50. The molecule has 4 rings (SSSR count). The molecule has 2 aromatic rings. The Labute approximate surface area is 147 Å². The summed E-state index contributed by atoms with van der Waals surface area (Å²) in [6, 6.07) is 10.3. The van der Waals surface area contributed by atoms with Gasteiger partial charge >= 0.3 is 6.03 Å². The van der Waals surface area contributed by atoms with E-state index >= 15 is 0 Å². The monoisotopic (exact) mass is 337 g/mol. The molecule has 2 atom stereocenters. The first kappa shape index (κ1) is 15.9. The summed E-state index contributed by atoms with van der Waals surface area (Å²) >= 11 is 0. The first-order valence-electron chi connectivity index (χ1n) is 8.96. The fourth-order valence-electron chi connectivity index (χ4n) is 3.82. The predicted octanol–water partition coefficient (Wildman–Crippen LogP) is 2.43. The van der Waals surface area contributed by atoms with E-state index in [0.717, 1.165) is 44.7 Å². The summed E-state index contributed by atoms with van der Waals surface area (Å²) in [6.07, 6.45) is 7.52. The van der Waals surface area contributed by atoms with Gasteiger partial charge in [-0.15, -0.1) is 0 Å². The normalized spacial score (nSPS) is 22.3. The summed E-state index contributed by atoms with van der Waals surface area (Å²) in [5.41, 5.74) is 2.60. The lowest BCUT2D eigenvalue weighted by Gasteiger charge is -2.33. The third-order valence-electron chi connectivity index (χ3n) is 5.03. The third kappa shape index (κ3) is 3.57. The van der Waals surface area contributed by atoms with Crippen molar-refractivity contribution in [2.75, 3.05) is 18.0 Å². The van der Waals surface area contributed by atoms with E-state index in [-0.39, 0.29) is 18.1 Å². The Morgan fingerprint density at radius 1 is 1.08 bits per heavy atom. The Morgan fingerprint density at radius 2 is 1.92 bits per heavy atom. The second-order valence-electron chi connectivity index (χ2n) is 6.74. The van der Waals surface area contributed by atoms with E-state index < -0.39 is 0 Å². The van der Waals surface area contributed by atoms with Gasteiger partial charge in [0.05, 0.1) is 6.04 Å². The highest BCUT2D eigenvalue weighted by Crippen LogP contribution is 2.30. The average Bonchev–Trinajstić information content (AvgIpc) is 3.06. The number of fused-ring (bicyclic) bond motifs is 1. The smallest absolute Gasteiger partial charge is 0.315 e. The van der Waals surface area contributed by atoms with Crippen LogP contribution >= 0.6 is 0 Å². The van der Waals surface area contributed by atoms with Crippen molar-refractivity contribution in [3.8, 4) is 0 Å². The van der Waals surface area contributed by atoms with Gasteiger partial charge in [-0.05, 0) is 42.9 Å². The highest BCUT2D eigenvalue weighted by Gasteiger charge is 2.26. The minimum absolute atomic E-state index is 0.0810. The van der Waals surface area contributed by atoms with Crippen molar-refractivity contribution < 1.29 is 4.79 Å². The number of anilines is 1. The first-order chi connectivity index (χ1) is 12.3. The van der Waals surface area contributed by atoms with Crippen LogP contribution in [0.5, 0.6) is 0 Å². The van der Waals surface area contributed by atoms with Gasteiger partial charge < -0.3 is 15.5 Å². The van der Waals surface area contributed by atoms with E-state index in [1.807, 2.05) is 12.1 Å². The molecule has 0 saturated carbocycles. The van der Waals surface area contributed by atoms with Crippen LogP contribution in [0.3, 0.4) is 0 Å². The highest BCUT2D eigenvalue weighted by atomic mass is 16.2. The van der Waals surface area contributed by atoms with Gasteiger partial charge in [-0.1, -0.05) is 24.3 Å². The second kappa shape index (κ2) is 7.09. The fourth-order valence-corrected chi connectivity index (χ4v) is 3.82. The van der Waals surface area contributed by atoms with Crippen LogP contribution in [0.25, 0.3) is 0 Å². The number of aryl methyl sites for hydroxylation is 1. The van der Waals surface area contributed by atoms with Crippen LogP contribution in [0.4, 0.5) is 10.7 Å². The summed E-state index contributed by atoms with van der Waals surface area (Å²) < 4.78 is 0. The molecule has 25 heavy (non-hydrogen) atoms. The first-order valence-corrected chi connectivity index (χ1v) is 8.96. The van der Waals surface area contributed by atoms with E-state index in [0.29, 0.717) is 0 Å². The maximum atomic E-state index is 12.4. The summed E-state index contributed by atoms with van der Waals surface area (Å²) in [5, 5.41) is 6.27. The number of urea groups is 1. The Balaban J connectivity index is 1.34. The molecular formula is C19H23N5O. The molecule has 6 heteroatoms. The Hall–Kier alpha value is -2.63. The molecule has 1 saturated heterocycles. The van der Waals surface area contributed by atoms with Crippen molar-refractivity contribution in [3.05, 3.63) is 53.9 Å². The number of benzene rings is 1. The van der Waals surface area contributed by atoms with Gasteiger partial charge in [-0.3, -0.25) is 0 Å². The standard InChI is InChI=1S/C19H23N5O/c25-19(23-17-9-8-14-5-1-2-7-16(14)17)22-15-6-3-12-24(13-15)18-20-10-4-11-21-18/h1-2,4-5,7,10-11,15,17H,3,6,8-9,12-13H2,(H2,22,23,25)/t15-,17+/m0/s1. The van der Waals surface area contributed by atoms with Crippen molar-refractivity contribution in [1.29, 1.82) is 0 Å². The summed E-state index contributed by atoms with van der Waals surface area (Å²) in [6.45, 7) is 1.68. The largest absolute Gasteiger partial charge is 0.339 e. The number of carbonyl (C=O) groups is 1. The maximum Gasteiger partial charge on any atom is 0.315 e. The van der Waals surface area contributed by atoms with Crippen LogP contribution in [0, 0.1) is 0 Å². The van der Waals surface area contributed by atoms with Crippen molar-refractivity contribution in [2.45, 2.75) is 37.8 Å². The van der Waals surface area contributed by atoms with E-state index in [1.54, 1.807) is 12.4 Å². The molecule has 0 unspecified atom stereocenters. The molecule has 130 valence electrons. The number of carbonyl (C=O) groups excluding carboxylic acids is 1. The lowest BCUT2D eigenvalue weighted by Crippen LogP contribution is -2.51. The number of piperidine rings is 1. The number of rotatable bonds is 3. The lowest BCUT2D eigenvalue weighted by molar-refractivity contribution is 0.231. The van der Waals surface area contributed by atoms with Gasteiger partial charge in [0.15, 0.2) is 0 Å². The molecule has 2 aliphatic rings. The number of amides is 2. The molecule has 1 aliphatic carbocycles. The molecule has 0 spiro atoms. The van der Waals surface area contributed by atoms with Crippen molar-refractivity contribution in [2.24, 2.45) is 0 Å². The molecule has 0 radical (unpaired) electrons. The van der Waals surface area contributed by atoms with E-state index in [2.05, 4.69) is 43.7 Å². The van der Waals surface area contributed by atoms with Crippen molar-refractivity contribution in [3.63, 3.8) is 0 Å². The molecule has 0 bridgehead atoms. The third-order valence-corrected chi connectivity index (χ3v) is 5.03. The molecule has 2 heterocycles. The van der Waals surface area contributed by atoms with Crippen LogP contribution in [0.2, 0.25) is 0 Å². The van der Waals surface area contributed by atoms with Gasteiger partial charge in [-0.2, -0.15) is 0 Å². The highest BCUT2D eigenvalue weighted by molar-refractivity contribution is 5.75. The lowest BCUT2D eigenvalue weighted by atomic mass is 10.1. The van der Waals surface area contributed by atoms with Crippen LogP contribution in [-0.2, 0) is 6.42 Å². The number of aromatic nitrogens is 2. The topological polar surface area (TPSA) is 70.2 Å². The molecule has 2 amide bonds. The van der Waals surface area contributed by atoms with Gasteiger partial charge in [-0.25, -0.2) is 14.8 Å². The number of hydrogen-bond acceptors (Lipinski definition) is 4. The van der Waals surface area contributed by atoms with E-state index in [1.165, 1.54) is 11.1 Å². The number of nitrogens with one attached hydrogen (secondary N) is 2. The van der Waals surface area contributed by atoms with Crippen LogP contribution in [0.15, 0.2) is 42.7 Å². The minimum Gasteiger partial charge on any atom is -0.339 e. The zero-order valence-corrected chi connectivity index (χ0v) is 14.2. The zero-order valence-electron chi connectivity index (χ0n) is 14.2. The molecule has 1 aliphatic heterocycles. The van der Waals surface area contributed by atoms with Crippen LogP contribution < -0.4 is 15.5 Å². The minimum atomic E-state index is -0.0810. The Bertz CT molecular complexity index is 736. The zero-order chi connectivity index (χ0) is 17.1. The molecule has 1 aromatic carbocycles. The SMILES string of the molecule is O=C(N[C@H]1CCCN(c2ncccn2)C1)N[C@@H]1CCc2ccccc21. The maximum absolute atomic E-state index is 12.4.